The van der Waals surface area contributed by atoms with Gasteiger partial charge < -0.3 is 10.1 Å². The first kappa shape index (κ1) is 17.7. The van der Waals surface area contributed by atoms with E-state index in [4.69, 9.17) is 4.74 Å². The summed E-state index contributed by atoms with van der Waals surface area (Å²) in [6.45, 7) is 5.92. The van der Waals surface area contributed by atoms with E-state index in [0.29, 0.717) is 11.3 Å². The topological polar surface area (TPSA) is 51.2 Å². The quantitative estimate of drug-likeness (QED) is 0.681. The number of nitrogens with zero attached hydrogens (tertiary/aromatic N) is 1. The van der Waals surface area contributed by atoms with Crippen LogP contribution in [0.15, 0.2) is 60.7 Å². The molecule has 26 heavy (non-hydrogen) atoms. The van der Waals surface area contributed by atoms with Crippen molar-refractivity contribution in [3.63, 3.8) is 0 Å². The van der Waals surface area contributed by atoms with Gasteiger partial charge in [0.15, 0.2) is 0 Å². The zero-order valence-corrected chi connectivity index (χ0v) is 15.2. The first-order valence-electron chi connectivity index (χ1n) is 8.67. The summed E-state index contributed by atoms with van der Waals surface area (Å²) in [6, 6.07) is 18.9. The summed E-state index contributed by atoms with van der Waals surface area (Å²) in [5.74, 6) is 1.35. The van der Waals surface area contributed by atoms with Crippen LogP contribution in [0.4, 0.5) is 5.69 Å². The number of nitrogens with one attached hydrogen (secondary N) is 1. The van der Waals surface area contributed by atoms with Crippen LogP contribution < -0.4 is 10.1 Å². The van der Waals surface area contributed by atoms with Crippen LogP contribution in [0.3, 0.4) is 0 Å². The van der Waals surface area contributed by atoms with Crippen molar-refractivity contribution < 1.29 is 9.53 Å². The van der Waals surface area contributed by atoms with E-state index in [0.717, 1.165) is 34.9 Å². The molecule has 1 amide bonds. The maximum atomic E-state index is 12.5. The molecule has 0 radical (unpaired) electrons. The summed E-state index contributed by atoms with van der Waals surface area (Å²) in [5.41, 5.74) is 4.16. The van der Waals surface area contributed by atoms with Gasteiger partial charge in [0.1, 0.15) is 11.5 Å². The van der Waals surface area contributed by atoms with Crippen molar-refractivity contribution in [2.24, 2.45) is 0 Å². The molecule has 0 spiro atoms. The Morgan fingerprint density at radius 1 is 1.00 bits per heavy atom. The number of hydrogen-bond acceptors (Lipinski definition) is 3. The van der Waals surface area contributed by atoms with Crippen LogP contribution in [-0.2, 0) is 6.42 Å². The predicted octanol–water partition coefficient (Wildman–Crippen LogP) is 5.31. The van der Waals surface area contributed by atoms with Gasteiger partial charge in [0.05, 0.1) is 11.3 Å². The zero-order valence-electron chi connectivity index (χ0n) is 15.2. The number of amides is 1. The SMILES string of the molecule is CCc1ccc(C(=O)Nc2ccc(Oc3cccc(C)c3)cc2)c(C)n1. The Balaban J connectivity index is 1.68. The maximum Gasteiger partial charge on any atom is 0.257 e. The Bertz CT molecular complexity index is 918. The molecule has 0 saturated carbocycles. The molecule has 132 valence electrons. The fourth-order valence-electron chi connectivity index (χ4n) is 2.67. The number of pyridine rings is 1. The maximum absolute atomic E-state index is 12.5. The van der Waals surface area contributed by atoms with Gasteiger partial charge >= 0.3 is 0 Å². The monoisotopic (exact) mass is 346 g/mol. The number of carbonyl (C=O) groups excluding carboxylic acids is 1. The Morgan fingerprint density at radius 3 is 2.42 bits per heavy atom. The van der Waals surface area contributed by atoms with Gasteiger partial charge in [-0.05, 0) is 74.4 Å². The average molecular weight is 346 g/mol. The summed E-state index contributed by atoms with van der Waals surface area (Å²) in [7, 11) is 0. The van der Waals surface area contributed by atoms with Gasteiger partial charge in [-0.2, -0.15) is 0 Å². The molecule has 0 aliphatic carbocycles. The first-order valence-corrected chi connectivity index (χ1v) is 8.67. The molecule has 0 aliphatic heterocycles. The molecule has 3 aromatic rings. The van der Waals surface area contributed by atoms with E-state index in [9.17, 15) is 4.79 Å². The van der Waals surface area contributed by atoms with Crippen molar-refractivity contribution in [3.8, 4) is 11.5 Å². The molecule has 0 saturated heterocycles. The Hall–Kier alpha value is -3.14. The van der Waals surface area contributed by atoms with Crippen molar-refractivity contribution in [2.75, 3.05) is 5.32 Å². The molecule has 0 aliphatic rings. The van der Waals surface area contributed by atoms with Gasteiger partial charge in [-0.25, -0.2) is 0 Å². The average Bonchev–Trinajstić information content (AvgIpc) is 2.63. The van der Waals surface area contributed by atoms with E-state index >= 15 is 0 Å². The van der Waals surface area contributed by atoms with Crippen LogP contribution in [0.1, 0.15) is 34.2 Å². The number of aryl methyl sites for hydroxylation is 3. The number of rotatable bonds is 5. The molecule has 3 rings (SSSR count). The Kier molecular flexibility index (Phi) is 5.32. The van der Waals surface area contributed by atoms with Gasteiger partial charge in [0, 0.05) is 11.4 Å². The fraction of sp³-hybridized carbons (Fsp3) is 0.182. The third-order valence-electron chi connectivity index (χ3n) is 4.09. The predicted molar refractivity (Wildman–Crippen MR) is 104 cm³/mol. The minimum absolute atomic E-state index is 0.162. The van der Waals surface area contributed by atoms with E-state index in [1.165, 1.54) is 0 Å². The van der Waals surface area contributed by atoms with Crippen LogP contribution in [0.2, 0.25) is 0 Å². The highest BCUT2D eigenvalue weighted by Gasteiger charge is 2.11. The van der Waals surface area contributed by atoms with Crippen LogP contribution >= 0.6 is 0 Å². The smallest absolute Gasteiger partial charge is 0.257 e. The fourth-order valence-corrected chi connectivity index (χ4v) is 2.67. The lowest BCUT2D eigenvalue weighted by Gasteiger charge is -2.10. The van der Waals surface area contributed by atoms with Crippen molar-refractivity contribution in [1.82, 2.24) is 4.98 Å². The van der Waals surface area contributed by atoms with Crippen molar-refractivity contribution in [2.45, 2.75) is 27.2 Å². The van der Waals surface area contributed by atoms with Crippen LogP contribution in [0.5, 0.6) is 11.5 Å². The van der Waals surface area contributed by atoms with E-state index in [2.05, 4.69) is 10.3 Å². The van der Waals surface area contributed by atoms with E-state index in [1.807, 2.05) is 81.4 Å². The summed E-state index contributed by atoms with van der Waals surface area (Å²) in [5, 5.41) is 2.90. The van der Waals surface area contributed by atoms with E-state index in [-0.39, 0.29) is 5.91 Å². The number of ether oxygens (including phenoxy) is 1. The number of hydrogen-bond donors (Lipinski definition) is 1. The van der Waals surface area contributed by atoms with Gasteiger partial charge in [0.25, 0.3) is 5.91 Å². The van der Waals surface area contributed by atoms with Crippen LogP contribution in [0.25, 0.3) is 0 Å². The second-order valence-electron chi connectivity index (χ2n) is 6.19. The molecule has 0 fully saturated rings. The number of carbonyl (C=O) groups is 1. The first-order chi connectivity index (χ1) is 12.5. The van der Waals surface area contributed by atoms with Gasteiger partial charge in [-0.1, -0.05) is 19.1 Å². The number of anilines is 1. The minimum Gasteiger partial charge on any atom is -0.457 e. The molecule has 1 heterocycles. The lowest BCUT2D eigenvalue weighted by atomic mass is 10.1. The molecule has 2 aromatic carbocycles. The third kappa shape index (κ3) is 4.28. The summed E-state index contributed by atoms with van der Waals surface area (Å²) in [6.07, 6.45) is 0.852. The van der Waals surface area contributed by atoms with Gasteiger partial charge in [0.2, 0.25) is 0 Å². The number of benzene rings is 2. The largest absolute Gasteiger partial charge is 0.457 e. The summed E-state index contributed by atoms with van der Waals surface area (Å²) in [4.78, 5) is 16.9. The van der Waals surface area contributed by atoms with Crippen molar-refractivity contribution >= 4 is 11.6 Å². The Morgan fingerprint density at radius 2 is 1.77 bits per heavy atom. The van der Waals surface area contributed by atoms with E-state index in [1.54, 1.807) is 0 Å². The molecular weight excluding hydrogens is 324 g/mol. The van der Waals surface area contributed by atoms with Gasteiger partial charge in [-0.3, -0.25) is 9.78 Å². The van der Waals surface area contributed by atoms with Gasteiger partial charge in [-0.15, -0.1) is 0 Å². The van der Waals surface area contributed by atoms with Crippen molar-refractivity contribution in [1.29, 1.82) is 0 Å². The molecule has 1 N–H and O–H groups in total. The molecule has 1 aromatic heterocycles. The zero-order chi connectivity index (χ0) is 18.5. The molecule has 4 heteroatoms. The van der Waals surface area contributed by atoms with Crippen LogP contribution in [-0.4, -0.2) is 10.9 Å². The normalized spacial score (nSPS) is 10.4. The Labute approximate surface area is 153 Å². The molecule has 0 unspecified atom stereocenters. The highest BCUT2D eigenvalue weighted by molar-refractivity contribution is 6.05. The standard InChI is InChI=1S/C22H22N2O2/c1-4-17-10-13-21(16(3)23-17)22(25)24-18-8-11-19(12-9-18)26-20-7-5-6-15(2)14-20/h5-14H,4H2,1-3H3,(H,24,25). The van der Waals surface area contributed by atoms with Crippen LogP contribution in [0, 0.1) is 13.8 Å². The molecule has 0 atom stereocenters. The summed E-state index contributed by atoms with van der Waals surface area (Å²) < 4.78 is 5.83. The number of aromatic nitrogens is 1. The summed E-state index contributed by atoms with van der Waals surface area (Å²) >= 11 is 0. The molecular formula is C22H22N2O2. The third-order valence-corrected chi connectivity index (χ3v) is 4.09. The molecule has 0 bridgehead atoms. The highest BCUT2D eigenvalue weighted by atomic mass is 16.5. The second kappa shape index (κ2) is 7.83. The second-order valence-corrected chi connectivity index (χ2v) is 6.19. The van der Waals surface area contributed by atoms with Crippen molar-refractivity contribution in [3.05, 3.63) is 83.2 Å². The highest BCUT2D eigenvalue weighted by Crippen LogP contribution is 2.24. The molecule has 4 nitrogen and oxygen atoms in total. The minimum atomic E-state index is -0.162. The lowest BCUT2D eigenvalue weighted by molar-refractivity contribution is 0.102. The lowest BCUT2D eigenvalue weighted by Crippen LogP contribution is -2.14. The van der Waals surface area contributed by atoms with E-state index < -0.39 is 0 Å².